The normalized spacial score (nSPS) is 12.0. The minimum atomic E-state index is -0.224. The number of benzene rings is 2. The maximum Gasteiger partial charge on any atom is 0.229 e. The summed E-state index contributed by atoms with van der Waals surface area (Å²) in [6.45, 7) is 6.16. The molecule has 1 N–H and O–H groups in total. The van der Waals surface area contributed by atoms with Gasteiger partial charge in [-0.25, -0.2) is 0 Å². The molecular weight excluding hydrogens is 346 g/mol. The summed E-state index contributed by atoms with van der Waals surface area (Å²) in [7, 11) is 0. The van der Waals surface area contributed by atoms with E-state index in [0.29, 0.717) is 11.6 Å². The Morgan fingerprint density at radius 2 is 1.69 bits per heavy atom. The lowest BCUT2D eigenvalue weighted by atomic mass is 10.1. The van der Waals surface area contributed by atoms with Crippen LogP contribution in [0.1, 0.15) is 18.3 Å². The van der Waals surface area contributed by atoms with E-state index in [1.165, 1.54) is 0 Å². The number of carbonyl (C=O) groups excluding carboxylic acids is 1. The standard InChI is InChI=1S/C21H22ClN3O/c1-14(13-25-16(3)20(22)15(2)24-25)21(26)23-19-11-9-18(10-12-19)17-7-5-4-6-8-17/h4-12,14H,13H2,1-3H3,(H,23,26). The molecule has 0 saturated heterocycles. The lowest BCUT2D eigenvalue weighted by molar-refractivity contribution is -0.119. The Bertz CT molecular complexity index is 901. The quantitative estimate of drug-likeness (QED) is 0.682. The maximum atomic E-state index is 12.5. The van der Waals surface area contributed by atoms with E-state index in [1.807, 2.05) is 63.2 Å². The highest BCUT2D eigenvalue weighted by molar-refractivity contribution is 6.31. The van der Waals surface area contributed by atoms with Crippen LogP contribution >= 0.6 is 11.6 Å². The first-order valence-corrected chi connectivity index (χ1v) is 8.99. The molecule has 2 aromatic carbocycles. The molecule has 5 heteroatoms. The molecule has 0 radical (unpaired) electrons. The van der Waals surface area contributed by atoms with Crippen molar-refractivity contribution in [2.24, 2.45) is 5.92 Å². The van der Waals surface area contributed by atoms with E-state index >= 15 is 0 Å². The van der Waals surface area contributed by atoms with Crippen molar-refractivity contribution in [3.63, 3.8) is 0 Å². The summed E-state index contributed by atoms with van der Waals surface area (Å²) in [5, 5.41) is 8.02. The average Bonchev–Trinajstić information content (AvgIpc) is 2.90. The highest BCUT2D eigenvalue weighted by Gasteiger charge is 2.17. The molecule has 0 fully saturated rings. The van der Waals surface area contributed by atoms with Crippen molar-refractivity contribution in [1.29, 1.82) is 0 Å². The molecule has 0 saturated carbocycles. The summed E-state index contributed by atoms with van der Waals surface area (Å²) in [4.78, 5) is 12.5. The number of rotatable bonds is 5. The largest absolute Gasteiger partial charge is 0.326 e. The van der Waals surface area contributed by atoms with E-state index < -0.39 is 0 Å². The van der Waals surface area contributed by atoms with Gasteiger partial charge >= 0.3 is 0 Å². The number of hydrogen-bond donors (Lipinski definition) is 1. The lowest BCUT2D eigenvalue weighted by Gasteiger charge is -2.14. The first kappa shape index (κ1) is 18.2. The van der Waals surface area contributed by atoms with Crippen molar-refractivity contribution in [1.82, 2.24) is 9.78 Å². The zero-order valence-electron chi connectivity index (χ0n) is 15.2. The minimum Gasteiger partial charge on any atom is -0.326 e. The smallest absolute Gasteiger partial charge is 0.229 e. The molecule has 4 nitrogen and oxygen atoms in total. The molecule has 1 heterocycles. The third kappa shape index (κ3) is 3.97. The number of anilines is 1. The maximum absolute atomic E-state index is 12.5. The number of carbonyl (C=O) groups is 1. The second kappa shape index (κ2) is 7.75. The van der Waals surface area contributed by atoms with Crippen LogP contribution in [0.2, 0.25) is 5.02 Å². The number of hydrogen-bond acceptors (Lipinski definition) is 2. The molecule has 1 atom stereocenters. The van der Waals surface area contributed by atoms with Gasteiger partial charge in [0.05, 0.1) is 28.9 Å². The zero-order chi connectivity index (χ0) is 18.7. The molecule has 0 aliphatic rings. The van der Waals surface area contributed by atoms with E-state index in [1.54, 1.807) is 4.68 Å². The molecular formula is C21H22ClN3O. The Labute approximate surface area is 158 Å². The van der Waals surface area contributed by atoms with Gasteiger partial charge < -0.3 is 5.32 Å². The fourth-order valence-electron chi connectivity index (χ4n) is 2.84. The number of nitrogens with one attached hydrogen (secondary N) is 1. The Kier molecular flexibility index (Phi) is 5.43. The Hall–Kier alpha value is -2.59. The molecule has 0 spiro atoms. The van der Waals surface area contributed by atoms with Crippen molar-refractivity contribution >= 4 is 23.2 Å². The van der Waals surface area contributed by atoms with E-state index in [-0.39, 0.29) is 11.8 Å². The van der Waals surface area contributed by atoms with Crippen LogP contribution in [0.4, 0.5) is 5.69 Å². The van der Waals surface area contributed by atoms with Crippen molar-refractivity contribution in [2.45, 2.75) is 27.3 Å². The summed E-state index contributed by atoms with van der Waals surface area (Å²) in [5.41, 5.74) is 4.73. The predicted molar refractivity (Wildman–Crippen MR) is 106 cm³/mol. The number of nitrogens with zero attached hydrogens (tertiary/aromatic N) is 2. The van der Waals surface area contributed by atoms with Gasteiger partial charge in [0.25, 0.3) is 0 Å². The zero-order valence-corrected chi connectivity index (χ0v) is 15.9. The summed E-state index contributed by atoms with van der Waals surface area (Å²) >= 11 is 6.17. The van der Waals surface area contributed by atoms with Gasteiger partial charge in [-0.3, -0.25) is 9.48 Å². The van der Waals surface area contributed by atoms with Gasteiger partial charge in [0.1, 0.15) is 0 Å². The number of aromatic nitrogens is 2. The summed E-state index contributed by atoms with van der Waals surface area (Å²) in [6, 6.07) is 18.0. The van der Waals surface area contributed by atoms with E-state index in [4.69, 9.17) is 11.6 Å². The van der Waals surface area contributed by atoms with Gasteiger partial charge in [-0.2, -0.15) is 5.10 Å². The van der Waals surface area contributed by atoms with Crippen LogP contribution in [0.5, 0.6) is 0 Å². The van der Waals surface area contributed by atoms with Crippen LogP contribution in [0.25, 0.3) is 11.1 Å². The highest BCUT2D eigenvalue weighted by Crippen LogP contribution is 2.22. The third-order valence-electron chi connectivity index (χ3n) is 4.45. The summed E-state index contributed by atoms with van der Waals surface area (Å²) in [5.74, 6) is -0.265. The predicted octanol–water partition coefficient (Wildman–Crippen LogP) is 5.10. The van der Waals surface area contributed by atoms with Gasteiger partial charge in [0.15, 0.2) is 0 Å². The third-order valence-corrected chi connectivity index (χ3v) is 4.99. The van der Waals surface area contributed by atoms with Crippen molar-refractivity contribution in [2.75, 3.05) is 5.32 Å². The number of amides is 1. The number of aryl methyl sites for hydroxylation is 1. The van der Waals surface area contributed by atoms with Gasteiger partial charge in [-0.1, -0.05) is 61.0 Å². The van der Waals surface area contributed by atoms with E-state index in [2.05, 4.69) is 22.5 Å². The molecule has 0 aliphatic carbocycles. The second-order valence-corrected chi connectivity index (χ2v) is 6.88. The monoisotopic (exact) mass is 367 g/mol. The SMILES string of the molecule is Cc1nn(CC(C)C(=O)Nc2ccc(-c3ccccc3)cc2)c(C)c1Cl. The molecule has 1 amide bonds. The Balaban J connectivity index is 1.64. The van der Waals surface area contributed by atoms with Crippen LogP contribution in [0, 0.1) is 19.8 Å². The number of halogens is 1. The van der Waals surface area contributed by atoms with E-state index in [9.17, 15) is 4.79 Å². The van der Waals surface area contributed by atoms with Crippen LogP contribution in [-0.4, -0.2) is 15.7 Å². The van der Waals surface area contributed by atoms with Crippen LogP contribution in [0.15, 0.2) is 54.6 Å². The van der Waals surface area contributed by atoms with Gasteiger partial charge in [-0.05, 0) is 37.1 Å². The van der Waals surface area contributed by atoms with Gasteiger partial charge in [-0.15, -0.1) is 0 Å². The van der Waals surface area contributed by atoms with Crippen LogP contribution in [-0.2, 0) is 11.3 Å². The van der Waals surface area contributed by atoms with Gasteiger partial charge in [0.2, 0.25) is 5.91 Å². The van der Waals surface area contributed by atoms with Gasteiger partial charge in [0, 0.05) is 5.69 Å². The summed E-state index contributed by atoms with van der Waals surface area (Å²) < 4.78 is 1.79. The first-order chi connectivity index (χ1) is 12.5. The lowest BCUT2D eigenvalue weighted by Crippen LogP contribution is -2.25. The Morgan fingerprint density at radius 3 is 2.27 bits per heavy atom. The van der Waals surface area contributed by atoms with E-state index in [0.717, 1.165) is 28.2 Å². The van der Waals surface area contributed by atoms with Crippen LogP contribution in [0.3, 0.4) is 0 Å². The fraction of sp³-hybridized carbons (Fsp3) is 0.238. The molecule has 26 heavy (non-hydrogen) atoms. The molecule has 1 unspecified atom stereocenters. The minimum absolute atomic E-state index is 0.0406. The summed E-state index contributed by atoms with van der Waals surface area (Å²) in [6.07, 6.45) is 0. The topological polar surface area (TPSA) is 46.9 Å². The van der Waals surface area contributed by atoms with Crippen molar-refractivity contribution < 1.29 is 4.79 Å². The molecule has 134 valence electrons. The van der Waals surface area contributed by atoms with Crippen LogP contribution < -0.4 is 5.32 Å². The molecule has 0 aliphatic heterocycles. The van der Waals surface area contributed by atoms with Crippen molar-refractivity contribution in [3.8, 4) is 11.1 Å². The second-order valence-electron chi connectivity index (χ2n) is 6.50. The first-order valence-electron chi connectivity index (χ1n) is 8.61. The molecule has 1 aromatic heterocycles. The fourth-order valence-corrected chi connectivity index (χ4v) is 2.97. The molecule has 3 aromatic rings. The highest BCUT2D eigenvalue weighted by atomic mass is 35.5. The molecule has 0 bridgehead atoms. The molecule has 3 rings (SSSR count). The Morgan fingerprint density at radius 1 is 1.08 bits per heavy atom. The van der Waals surface area contributed by atoms with Crippen molar-refractivity contribution in [3.05, 3.63) is 71.0 Å². The average molecular weight is 368 g/mol.